The fourth-order valence-corrected chi connectivity index (χ4v) is 3.05. The number of nitrogens with one attached hydrogen (secondary N) is 1. The van der Waals surface area contributed by atoms with Crippen LogP contribution in [0.5, 0.6) is 5.75 Å². The summed E-state index contributed by atoms with van der Waals surface area (Å²) < 4.78 is 11.7. The lowest BCUT2D eigenvalue weighted by molar-refractivity contribution is -0.0363. The normalized spacial score (nSPS) is 17.2. The van der Waals surface area contributed by atoms with Crippen molar-refractivity contribution in [1.82, 2.24) is 5.32 Å². The van der Waals surface area contributed by atoms with Gasteiger partial charge in [-0.05, 0) is 36.1 Å². The fraction of sp³-hybridized carbons (Fsp3) is 0.667. The van der Waals surface area contributed by atoms with Crippen molar-refractivity contribution >= 4 is 0 Å². The van der Waals surface area contributed by atoms with E-state index in [2.05, 4.69) is 58.1 Å². The van der Waals surface area contributed by atoms with Crippen LogP contribution in [0.3, 0.4) is 0 Å². The fourth-order valence-electron chi connectivity index (χ4n) is 3.05. The first-order chi connectivity index (χ1) is 9.97. The molecule has 1 aromatic carbocycles. The first kappa shape index (κ1) is 16.3. The molecule has 1 aliphatic heterocycles. The standard InChI is InChI=1S/C18H29NO2/c1-6-19-16(17(20-7-2)18(3,4)5)14-8-9-15-13(12-14)10-11-21-15/h8-9,12,16-17,19H,6-7,10-11H2,1-5H3. The van der Waals surface area contributed by atoms with Crippen molar-refractivity contribution < 1.29 is 9.47 Å². The third-order valence-electron chi connectivity index (χ3n) is 4.00. The number of hydrogen-bond donors (Lipinski definition) is 1. The van der Waals surface area contributed by atoms with E-state index in [-0.39, 0.29) is 17.6 Å². The molecule has 2 unspecified atom stereocenters. The van der Waals surface area contributed by atoms with E-state index in [0.717, 1.165) is 31.9 Å². The Balaban J connectivity index is 2.32. The second kappa shape index (κ2) is 6.80. The molecule has 0 aromatic heterocycles. The predicted octanol–water partition coefficient (Wildman–Crippen LogP) is 3.72. The summed E-state index contributed by atoms with van der Waals surface area (Å²) in [6.07, 6.45) is 1.15. The van der Waals surface area contributed by atoms with E-state index in [1.54, 1.807) is 0 Å². The molecule has 3 nitrogen and oxygen atoms in total. The summed E-state index contributed by atoms with van der Waals surface area (Å²) in [6.45, 7) is 13.4. The number of ether oxygens (including phenoxy) is 2. The third-order valence-corrected chi connectivity index (χ3v) is 4.00. The highest BCUT2D eigenvalue weighted by Gasteiger charge is 2.34. The van der Waals surface area contributed by atoms with E-state index in [1.165, 1.54) is 11.1 Å². The van der Waals surface area contributed by atoms with Crippen molar-refractivity contribution in [3.63, 3.8) is 0 Å². The van der Waals surface area contributed by atoms with Crippen molar-refractivity contribution in [2.45, 2.75) is 53.2 Å². The maximum absolute atomic E-state index is 6.10. The minimum atomic E-state index is 0.0817. The van der Waals surface area contributed by atoms with Crippen molar-refractivity contribution in [3.05, 3.63) is 29.3 Å². The molecule has 0 bridgehead atoms. The Morgan fingerprint density at radius 1 is 1.29 bits per heavy atom. The molecule has 1 aliphatic rings. The van der Waals surface area contributed by atoms with Gasteiger partial charge in [0, 0.05) is 13.0 Å². The molecule has 0 aliphatic carbocycles. The first-order valence-electron chi connectivity index (χ1n) is 8.08. The largest absolute Gasteiger partial charge is 0.493 e. The number of likely N-dealkylation sites (N-methyl/N-ethyl adjacent to an activating group) is 1. The molecular formula is C18H29NO2. The topological polar surface area (TPSA) is 30.5 Å². The van der Waals surface area contributed by atoms with Gasteiger partial charge in [-0.25, -0.2) is 0 Å². The molecule has 21 heavy (non-hydrogen) atoms. The Kier molecular flexibility index (Phi) is 5.28. The quantitative estimate of drug-likeness (QED) is 0.866. The van der Waals surface area contributed by atoms with Gasteiger partial charge in [0.1, 0.15) is 5.75 Å². The molecular weight excluding hydrogens is 262 g/mol. The number of hydrogen-bond acceptors (Lipinski definition) is 3. The lowest BCUT2D eigenvalue weighted by atomic mass is 9.81. The number of benzene rings is 1. The summed E-state index contributed by atoms with van der Waals surface area (Å²) >= 11 is 0. The SMILES string of the molecule is CCNC(c1ccc2c(c1)CCO2)C(OCC)C(C)(C)C. The van der Waals surface area contributed by atoms with Gasteiger partial charge in [-0.15, -0.1) is 0 Å². The van der Waals surface area contributed by atoms with E-state index >= 15 is 0 Å². The maximum atomic E-state index is 6.10. The van der Waals surface area contributed by atoms with Gasteiger partial charge >= 0.3 is 0 Å². The zero-order chi connectivity index (χ0) is 15.5. The highest BCUT2D eigenvalue weighted by Crippen LogP contribution is 2.35. The van der Waals surface area contributed by atoms with Crippen LogP contribution in [0.25, 0.3) is 0 Å². The van der Waals surface area contributed by atoms with Crippen LogP contribution in [0.15, 0.2) is 18.2 Å². The molecule has 0 spiro atoms. The van der Waals surface area contributed by atoms with Gasteiger partial charge < -0.3 is 14.8 Å². The highest BCUT2D eigenvalue weighted by molar-refractivity contribution is 5.41. The van der Waals surface area contributed by atoms with E-state index in [1.807, 2.05) is 0 Å². The van der Waals surface area contributed by atoms with Crippen molar-refractivity contribution in [1.29, 1.82) is 0 Å². The Labute approximate surface area is 129 Å². The molecule has 118 valence electrons. The smallest absolute Gasteiger partial charge is 0.122 e. The van der Waals surface area contributed by atoms with Gasteiger partial charge in [0.2, 0.25) is 0 Å². The summed E-state index contributed by atoms with van der Waals surface area (Å²) in [7, 11) is 0. The molecule has 1 N–H and O–H groups in total. The lowest BCUT2D eigenvalue weighted by Crippen LogP contribution is -2.42. The van der Waals surface area contributed by atoms with E-state index in [0.29, 0.717) is 0 Å². The third kappa shape index (κ3) is 3.78. The molecule has 2 rings (SSSR count). The van der Waals surface area contributed by atoms with Crippen molar-refractivity contribution in [2.75, 3.05) is 19.8 Å². The van der Waals surface area contributed by atoms with Crippen LogP contribution in [-0.4, -0.2) is 25.9 Å². The van der Waals surface area contributed by atoms with Gasteiger partial charge in [0.15, 0.2) is 0 Å². The first-order valence-corrected chi connectivity index (χ1v) is 8.08. The van der Waals surface area contributed by atoms with E-state index in [4.69, 9.17) is 9.47 Å². The van der Waals surface area contributed by atoms with Gasteiger partial charge in [-0.2, -0.15) is 0 Å². The van der Waals surface area contributed by atoms with Crippen LogP contribution in [0.1, 0.15) is 51.8 Å². The zero-order valence-electron chi connectivity index (χ0n) is 14.0. The van der Waals surface area contributed by atoms with Gasteiger partial charge in [0.05, 0.1) is 18.8 Å². The van der Waals surface area contributed by atoms with Crippen LogP contribution in [-0.2, 0) is 11.2 Å². The second-order valence-electron chi connectivity index (χ2n) is 6.74. The molecule has 1 aromatic rings. The van der Waals surface area contributed by atoms with Crippen LogP contribution >= 0.6 is 0 Å². The van der Waals surface area contributed by atoms with Crippen LogP contribution in [0.2, 0.25) is 0 Å². The monoisotopic (exact) mass is 291 g/mol. The average molecular weight is 291 g/mol. The van der Waals surface area contributed by atoms with Crippen LogP contribution in [0, 0.1) is 5.41 Å². The van der Waals surface area contributed by atoms with Gasteiger partial charge in [-0.1, -0.05) is 39.8 Å². The lowest BCUT2D eigenvalue weighted by Gasteiger charge is -2.37. The average Bonchev–Trinajstić information content (AvgIpc) is 2.88. The molecule has 2 atom stereocenters. The zero-order valence-corrected chi connectivity index (χ0v) is 14.0. The molecule has 0 radical (unpaired) electrons. The van der Waals surface area contributed by atoms with Gasteiger partial charge in [0.25, 0.3) is 0 Å². The van der Waals surface area contributed by atoms with Crippen molar-refractivity contribution in [2.24, 2.45) is 5.41 Å². The Hall–Kier alpha value is -1.06. The molecule has 3 heteroatoms. The van der Waals surface area contributed by atoms with Crippen molar-refractivity contribution in [3.8, 4) is 5.75 Å². The summed E-state index contributed by atoms with van der Waals surface area (Å²) in [5.74, 6) is 1.04. The van der Waals surface area contributed by atoms with E-state index in [9.17, 15) is 0 Å². The van der Waals surface area contributed by atoms with Crippen LogP contribution < -0.4 is 10.1 Å². The summed E-state index contributed by atoms with van der Waals surface area (Å²) in [4.78, 5) is 0. The molecule has 0 fully saturated rings. The molecule has 0 saturated carbocycles. The highest BCUT2D eigenvalue weighted by atomic mass is 16.5. The number of rotatable bonds is 6. The predicted molar refractivity (Wildman–Crippen MR) is 86.9 cm³/mol. The van der Waals surface area contributed by atoms with Crippen LogP contribution in [0.4, 0.5) is 0 Å². The maximum Gasteiger partial charge on any atom is 0.122 e. The Bertz CT molecular complexity index is 465. The van der Waals surface area contributed by atoms with Gasteiger partial charge in [-0.3, -0.25) is 0 Å². The summed E-state index contributed by atoms with van der Waals surface area (Å²) in [5.41, 5.74) is 2.70. The second-order valence-corrected chi connectivity index (χ2v) is 6.74. The minimum absolute atomic E-state index is 0.0817. The Morgan fingerprint density at radius 3 is 2.67 bits per heavy atom. The van der Waals surface area contributed by atoms with E-state index < -0.39 is 0 Å². The summed E-state index contributed by atoms with van der Waals surface area (Å²) in [5, 5.41) is 3.62. The molecule has 0 saturated heterocycles. The minimum Gasteiger partial charge on any atom is -0.493 e. The molecule has 1 heterocycles. The summed E-state index contributed by atoms with van der Waals surface area (Å²) in [6, 6.07) is 6.77. The number of fused-ring (bicyclic) bond motifs is 1. The molecule has 0 amide bonds. The Morgan fingerprint density at radius 2 is 2.05 bits per heavy atom.